The number of alkyl halides is 1. The molecule has 1 aromatic rings. The standard InChI is InChI=1S/C15H24BrN/c1-4-14(10-16)11-17(13(2)3)12-15-8-6-5-7-9-15/h5-9,13-14H,4,10-12H2,1-3H3. The lowest BCUT2D eigenvalue weighted by atomic mass is 10.1. The molecule has 0 saturated carbocycles. The molecule has 96 valence electrons. The first-order valence-electron chi connectivity index (χ1n) is 6.51. The molecule has 0 aliphatic heterocycles. The molecule has 1 rings (SSSR count). The van der Waals surface area contributed by atoms with Crippen molar-refractivity contribution in [2.75, 3.05) is 11.9 Å². The molecule has 0 radical (unpaired) electrons. The van der Waals surface area contributed by atoms with Gasteiger partial charge in [0.2, 0.25) is 0 Å². The Morgan fingerprint density at radius 1 is 1.18 bits per heavy atom. The second-order valence-electron chi connectivity index (χ2n) is 4.94. The fourth-order valence-electron chi connectivity index (χ4n) is 1.89. The van der Waals surface area contributed by atoms with Crippen LogP contribution in [0.5, 0.6) is 0 Å². The summed E-state index contributed by atoms with van der Waals surface area (Å²) >= 11 is 3.61. The highest BCUT2D eigenvalue weighted by atomic mass is 79.9. The maximum atomic E-state index is 3.61. The quantitative estimate of drug-likeness (QED) is 0.678. The molecule has 2 heteroatoms. The van der Waals surface area contributed by atoms with E-state index < -0.39 is 0 Å². The molecule has 0 aromatic heterocycles. The van der Waals surface area contributed by atoms with Gasteiger partial charge in [-0.15, -0.1) is 0 Å². The first-order valence-corrected chi connectivity index (χ1v) is 7.63. The zero-order valence-corrected chi connectivity index (χ0v) is 12.8. The number of nitrogens with zero attached hydrogens (tertiary/aromatic N) is 1. The molecule has 0 aliphatic carbocycles. The van der Waals surface area contributed by atoms with Crippen LogP contribution in [-0.2, 0) is 6.54 Å². The van der Waals surface area contributed by atoms with Crippen LogP contribution in [-0.4, -0.2) is 22.8 Å². The van der Waals surface area contributed by atoms with E-state index in [-0.39, 0.29) is 0 Å². The van der Waals surface area contributed by atoms with Gasteiger partial charge < -0.3 is 0 Å². The third-order valence-corrected chi connectivity index (χ3v) is 4.16. The summed E-state index contributed by atoms with van der Waals surface area (Å²) in [4.78, 5) is 2.56. The van der Waals surface area contributed by atoms with Crippen LogP contribution in [0.4, 0.5) is 0 Å². The van der Waals surface area contributed by atoms with Crippen LogP contribution in [0.3, 0.4) is 0 Å². The monoisotopic (exact) mass is 297 g/mol. The van der Waals surface area contributed by atoms with Crippen LogP contribution in [0, 0.1) is 5.92 Å². The van der Waals surface area contributed by atoms with Crippen molar-refractivity contribution in [3.8, 4) is 0 Å². The van der Waals surface area contributed by atoms with E-state index >= 15 is 0 Å². The molecule has 17 heavy (non-hydrogen) atoms. The van der Waals surface area contributed by atoms with E-state index in [0.29, 0.717) is 6.04 Å². The first-order chi connectivity index (χ1) is 8.17. The predicted octanol–water partition coefficient (Wildman–Crippen LogP) is 4.32. The number of hydrogen-bond donors (Lipinski definition) is 0. The highest BCUT2D eigenvalue weighted by Gasteiger charge is 2.14. The molecule has 0 N–H and O–H groups in total. The van der Waals surface area contributed by atoms with Gasteiger partial charge in [-0.1, -0.05) is 59.6 Å². The molecule has 1 aromatic carbocycles. The molecule has 0 spiro atoms. The van der Waals surface area contributed by atoms with E-state index in [1.165, 1.54) is 18.5 Å². The summed E-state index contributed by atoms with van der Waals surface area (Å²) in [5, 5.41) is 1.10. The predicted molar refractivity (Wildman–Crippen MR) is 79.6 cm³/mol. The van der Waals surface area contributed by atoms with Gasteiger partial charge in [-0.25, -0.2) is 0 Å². The van der Waals surface area contributed by atoms with Gasteiger partial charge in [0.25, 0.3) is 0 Å². The summed E-state index contributed by atoms with van der Waals surface area (Å²) in [5.74, 6) is 0.751. The number of rotatable bonds is 7. The van der Waals surface area contributed by atoms with E-state index in [1.807, 2.05) is 0 Å². The zero-order valence-electron chi connectivity index (χ0n) is 11.2. The zero-order chi connectivity index (χ0) is 12.7. The van der Waals surface area contributed by atoms with Crippen molar-refractivity contribution < 1.29 is 0 Å². The lowest BCUT2D eigenvalue weighted by molar-refractivity contribution is 0.184. The van der Waals surface area contributed by atoms with Crippen molar-refractivity contribution in [1.82, 2.24) is 4.90 Å². The Hall–Kier alpha value is -0.340. The largest absolute Gasteiger partial charge is 0.296 e. The summed E-state index contributed by atoms with van der Waals surface area (Å²) < 4.78 is 0. The van der Waals surface area contributed by atoms with E-state index in [2.05, 4.69) is 71.9 Å². The summed E-state index contributed by atoms with van der Waals surface area (Å²) in [5.41, 5.74) is 1.41. The van der Waals surface area contributed by atoms with Gasteiger partial charge in [0.15, 0.2) is 0 Å². The van der Waals surface area contributed by atoms with Crippen molar-refractivity contribution in [3.05, 3.63) is 35.9 Å². The van der Waals surface area contributed by atoms with E-state index in [0.717, 1.165) is 17.8 Å². The average Bonchev–Trinajstić information content (AvgIpc) is 2.35. The summed E-state index contributed by atoms with van der Waals surface area (Å²) in [6, 6.07) is 11.3. The van der Waals surface area contributed by atoms with Crippen LogP contribution in [0.15, 0.2) is 30.3 Å². The molecule has 0 bridgehead atoms. The Bertz CT molecular complexity index is 293. The van der Waals surface area contributed by atoms with Gasteiger partial charge in [0.05, 0.1) is 0 Å². The SMILES string of the molecule is CCC(CBr)CN(Cc1ccccc1)C(C)C. The highest BCUT2D eigenvalue weighted by molar-refractivity contribution is 9.09. The van der Waals surface area contributed by atoms with Crippen molar-refractivity contribution in [3.63, 3.8) is 0 Å². The van der Waals surface area contributed by atoms with Gasteiger partial charge in [0, 0.05) is 24.5 Å². The number of halogens is 1. The Morgan fingerprint density at radius 2 is 1.82 bits per heavy atom. The fraction of sp³-hybridized carbons (Fsp3) is 0.600. The maximum absolute atomic E-state index is 3.61. The van der Waals surface area contributed by atoms with Gasteiger partial charge in [-0.05, 0) is 25.3 Å². The summed E-state index contributed by atoms with van der Waals surface area (Å²) in [6.45, 7) is 9.07. The maximum Gasteiger partial charge on any atom is 0.0236 e. The molecular formula is C15H24BrN. The van der Waals surface area contributed by atoms with Crippen molar-refractivity contribution in [2.45, 2.75) is 39.8 Å². The lowest BCUT2D eigenvalue weighted by Crippen LogP contribution is -2.35. The minimum absolute atomic E-state index is 0.600. The Kier molecular flexibility index (Phi) is 6.83. The van der Waals surface area contributed by atoms with Crippen LogP contribution in [0.1, 0.15) is 32.8 Å². The summed E-state index contributed by atoms with van der Waals surface area (Å²) in [7, 11) is 0. The lowest BCUT2D eigenvalue weighted by Gasteiger charge is -2.29. The minimum Gasteiger partial charge on any atom is -0.296 e. The first kappa shape index (κ1) is 14.7. The number of benzene rings is 1. The van der Waals surface area contributed by atoms with E-state index in [4.69, 9.17) is 0 Å². The van der Waals surface area contributed by atoms with E-state index in [9.17, 15) is 0 Å². The third kappa shape index (κ3) is 5.22. The Balaban J connectivity index is 2.60. The normalized spacial score (nSPS) is 13.3. The molecule has 0 fully saturated rings. The molecule has 0 heterocycles. The van der Waals surface area contributed by atoms with Crippen molar-refractivity contribution in [2.24, 2.45) is 5.92 Å². The molecule has 1 unspecified atom stereocenters. The highest BCUT2D eigenvalue weighted by Crippen LogP contribution is 2.14. The molecule has 1 atom stereocenters. The van der Waals surface area contributed by atoms with Crippen LogP contribution in [0.2, 0.25) is 0 Å². The van der Waals surface area contributed by atoms with Crippen LogP contribution in [0.25, 0.3) is 0 Å². The van der Waals surface area contributed by atoms with Gasteiger partial charge in [-0.3, -0.25) is 4.90 Å². The molecular weight excluding hydrogens is 274 g/mol. The van der Waals surface area contributed by atoms with Crippen LogP contribution < -0.4 is 0 Å². The summed E-state index contributed by atoms with van der Waals surface area (Å²) in [6.07, 6.45) is 1.24. The average molecular weight is 298 g/mol. The van der Waals surface area contributed by atoms with E-state index in [1.54, 1.807) is 0 Å². The Labute approximate surface area is 114 Å². The topological polar surface area (TPSA) is 3.24 Å². The number of hydrogen-bond acceptors (Lipinski definition) is 1. The van der Waals surface area contributed by atoms with Gasteiger partial charge in [-0.2, -0.15) is 0 Å². The van der Waals surface area contributed by atoms with Crippen molar-refractivity contribution >= 4 is 15.9 Å². The molecule has 0 aliphatic rings. The van der Waals surface area contributed by atoms with Crippen LogP contribution >= 0.6 is 15.9 Å². The molecule has 1 nitrogen and oxygen atoms in total. The smallest absolute Gasteiger partial charge is 0.0236 e. The molecule has 0 saturated heterocycles. The van der Waals surface area contributed by atoms with Gasteiger partial charge in [0.1, 0.15) is 0 Å². The molecule has 0 amide bonds. The fourth-order valence-corrected chi connectivity index (χ4v) is 2.56. The third-order valence-electron chi connectivity index (χ3n) is 3.25. The second kappa shape index (κ2) is 7.88. The van der Waals surface area contributed by atoms with Crippen molar-refractivity contribution in [1.29, 1.82) is 0 Å². The second-order valence-corrected chi connectivity index (χ2v) is 5.58. The Morgan fingerprint density at radius 3 is 2.29 bits per heavy atom. The van der Waals surface area contributed by atoms with Gasteiger partial charge >= 0.3 is 0 Å². The minimum atomic E-state index is 0.600.